The van der Waals surface area contributed by atoms with Crippen molar-refractivity contribution in [1.29, 1.82) is 0 Å². The zero-order valence-electron chi connectivity index (χ0n) is 10.1. The Morgan fingerprint density at radius 2 is 1.94 bits per heavy atom. The van der Waals surface area contributed by atoms with Crippen LogP contribution in [0.2, 0.25) is 0 Å². The molecule has 0 aliphatic heterocycles. The molecule has 0 unspecified atom stereocenters. The van der Waals surface area contributed by atoms with Crippen LogP contribution >= 0.6 is 0 Å². The van der Waals surface area contributed by atoms with Gasteiger partial charge in [-0.3, -0.25) is 9.59 Å². The van der Waals surface area contributed by atoms with Gasteiger partial charge >= 0.3 is 11.9 Å². The van der Waals surface area contributed by atoms with Crippen molar-refractivity contribution in [2.24, 2.45) is 5.73 Å². The summed E-state index contributed by atoms with van der Waals surface area (Å²) in [5, 5.41) is 8.42. The van der Waals surface area contributed by atoms with Crippen LogP contribution in [-0.4, -0.2) is 61.9 Å². The maximum atomic E-state index is 11.3. The minimum Gasteiger partial charge on any atom is -0.481 e. The van der Waals surface area contributed by atoms with Crippen LogP contribution in [0, 0.1) is 0 Å². The van der Waals surface area contributed by atoms with Crippen molar-refractivity contribution in [3.63, 3.8) is 0 Å². The van der Waals surface area contributed by atoms with E-state index in [1.54, 1.807) is 0 Å². The molecular weight excluding hydrogens is 212 g/mol. The number of hydrogen-bond acceptors (Lipinski definition) is 4. The monoisotopic (exact) mass is 233 g/mol. The third-order valence-corrected chi connectivity index (χ3v) is 1.98. The predicted molar refractivity (Wildman–Crippen MR) is 58.7 cm³/mol. The van der Waals surface area contributed by atoms with Gasteiger partial charge in [-0.05, 0) is 6.42 Å². The molecule has 0 aliphatic carbocycles. The molecule has 1 atom stereocenters. The Labute approximate surface area is 95.6 Å². The fourth-order valence-electron chi connectivity index (χ4n) is 0.924. The number of carboxylic acids is 1. The van der Waals surface area contributed by atoms with E-state index in [1.807, 2.05) is 21.1 Å². The maximum absolute atomic E-state index is 11.3. The van der Waals surface area contributed by atoms with Gasteiger partial charge in [0.2, 0.25) is 0 Å². The summed E-state index contributed by atoms with van der Waals surface area (Å²) in [5.74, 6) is -1.50. The Kier molecular flexibility index (Phi) is 5.98. The lowest BCUT2D eigenvalue weighted by atomic mass is 10.2. The van der Waals surface area contributed by atoms with Crippen LogP contribution in [0.4, 0.5) is 0 Å². The first kappa shape index (κ1) is 14.9. The highest BCUT2D eigenvalue weighted by Crippen LogP contribution is 1.98. The highest BCUT2D eigenvalue weighted by molar-refractivity contribution is 5.76. The molecule has 0 saturated heterocycles. The normalized spacial score (nSPS) is 13.2. The molecule has 0 spiro atoms. The molecule has 0 aromatic carbocycles. The van der Waals surface area contributed by atoms with E-state index >= 15 is 0 Å². The van der Waals surface area contributed by atoms with Crippen LogP contribution < -0.4 is 5.73 Å². The van der Waals surface area contributed by atoms with Crippen molar-refractivity contribution in [1.82, 2.24) is 0 Å². The molecule has 0 saturated carbocycles. The summed E-state index contributed by atoms with van der Waals surface area (Å²) in [5.41, 5.74) is 5.47. The Bertz CT molecular complexity index is 248. The van der Waals surface area contributed by atoms with Gasteiger partial charge in [-0.25, -0.2) is 0 Å². The SMILES string of the molecule is C[N+](C)(C)CCOC(=O)[C@@H](N)CCC(=O)O. The second kappa shape index (κ2) is 6.44. The Morgan fingerprint density at radius 1 is 1.38 bits per heavy atom. The first-order valence-corrected chi connectivity index (χ1v) is 5.17. The molecular formula is C10H21N2O4+. The largest absolute Gasteiger partial charge is 0.481 e. The second-order valence-corrected chi connectivity index (χ2v) is 4.72. The number of quaternary nitrogens is 1. The van der Waals surface area contributed by atoms with E-state index in [0.717, 1.165) is 0 Å². The Morgan fingerprint density at radius 3 is 2.38 bits per heavy atom. The van der Waals surface area contributed by atoms with Gasteiger partial charge in [0.15, 0.2) is 0 Å². The standard InChI is InChI=1S/C10H20N2O4/c1-12(2,3)6-7-16-10(15)8(11)4-5-9(13)14/h8H,4-7,11H2,1-3H3/p+1/t8-/m0/s1. The molecule has 0 amide bonds. The number of carbonyl (C=O) groups is 2. The summed E-state index contributed by atoms with van der Waals surface area (Å²) in [6.45, 7) is 0.987. The van der Waals surface area contributed by atoms with Gasteiger partial charge in [0.1, 0.15) is 19.2 Å². The minimum absolute atomic E-state index is 0.110. The summed E-state index contributed by atoms with van der Waals surface area (Å²) in [4.78, 5) is 21.6. The van der Waals surface area contributed by atoms with E-state index in [-0.39, 0.29) is 12.8 Å². The lowest BCUT2D eigenvalue weighted by molar-refractivity contribution is -0.870. The van der Waals surface area contributed by atoms with Crippen molar-refractivity contribution < 1.29 is 23.9 Å². The molecule has 0 rings (SSSR count). The fraction of sp³-hybridized carbons (Fsp3) is 0.800. The highest BCUT2D eigenvalue weighted by Gasteiger charge is 2.17. The van der Waals surface area contributed by atoms with E-state index < -0.39 is 18.0 Å². The van der Waals surface area contributed by atoms with Gasteiger partial charge in [-0.15, -0.1) is 0 Å². The van der Waals surface area contributed by atoms with Crippen LogP contribution in [0.25, 0.3) is 0 Å². The molecule has 3 N–H and O–H groups in total. The summed E-state index contributed by atoms with van der Waals surface area (Å²) in [6, 6.07) is -0.844. The van der Waals surface area contributed by atoms with E-state index in [2.05, 4.69) is 0 Å². The van der Waals surface area contributed by atoms with Crippen LogP contribution in [0.15, 0.2) is 0 Å². The van der Waals surface area contributed by atoms with E-state index in [9.17, 15) is 9.59 Å². The zero-order valence-corrected chi connectivity index (χ0v) is 10.1. The van der Waals surface area contributed by atoms with E-state index in [0.29, 0.717) is 17.6 Å². The second-order valence-electron chi connectivity index (χ2n) is 4.72. The molecule has 0 heterocycles. The quantitative estimate of drug-likeness (QED) is 0.454. The Balaban J connectivity index is 3.75. The average molecular weight is 233 g/mol. The number of likely N-dealkylation sites (N-methyl/N-ethyl adjacent to an activating group) is 1. The van der Waals surface area contributed by atoms with Crippen LogP contribution in [0.1, 0.15) is 12.8 Å². The molecule has 0 fully saturated rings. The predicted octanol–water partition coefficient (Wildman–Crippen LogP) is -0.572. The van der Waals surface area contributed by atoms with Crippen LogP contribution in [-0.2, 0) is 14.3 Å². The number of nitrogens with two attached hydrogens (primary N) is 1. The first-order chi connectivity index (χ1) is 7.22. The van der Waals surface area contributed by atoms with Crippen LogP contribution in [0.3, 0.4) is 0 Å². The summed E-state index contributed by atoms with van der Waals surface area (Å²) in [6.07, 6.45) is -0.00978. The lowest BCUT2D eigenvalue weighted by Gasteiger charge is -2.23. The van der Waals surface area contributed by atoms with Crippen molar-refractivity contribution >= 4 is 11.9 Å². The summed E-state index contributed by atoms with van der Waals surface area (Å²) in [7, 11) is 5.95. The molecule has 0 aromatic heterocycles. The smallest absolute Gasteiger partial charge is 0.323 e. The third-order valence-electron chi connectivity index (χ3n) is 1.98. The van der Waals surface area contributed by atoms with Gasteiger partial charge in [-0.1, -0.05) is 0 Å². The van der Waals surface area contributed by atoms with Crippen molar-refractivity contribution in [2.45, 2.75) is 18.9 Å². The molecule has 0 radical (unpaired) electrons. The number of ether oxygens (including phenoxy) is 1. The van der Waals surface area contributed by atoms with E-state index in [1.165, 1.54) is 0 Å². The third kappa shape index (κ3) is 8.19. The van der Waals surface area contributed by atoms with Crippen LogP contribution in [0.5, 0.6) is 0 Å². The summed E-state index contributed by atoms with van der Waals surface area (Å²) < 4.78 is 5.63. The number of nitrogens with zero attached hydrogens (tertiary/aromatic N) is 1. The number of esters is 1. The molecule has 0 bridgehead atoms. The zero-order chi connectivity index (χ0) is 12.8. The number of carboxylic acid groups (broad SMARTS) is 1. The molecule has 16 heavy (non-hydrogen) atoms. The fourth-order valence-corrected chi connectivity index (χ4v) is 0.924. The molecule has 94 valence electrons. The number of hydrogen-bond donors (Lipinski definition) is 2. The van der Waals surface area contributed by atoms with Gasteiger partial charge < -0.3 is 20.1 Å². The van der Waals surface area contributed by atoms with Gasteiger partial charge in [-0.2, -0.15) is 0 Å². The van der Waals surface area contributed by atoms with E-state index in [4.69, 9.17) is 15.6 Å². The molecule has 6 nitrogen and oxygen atoms in total. The molecule has 0 aliphatic rings. The van der Waals surface area contributed by atoms with Gasteiger partial charge in [0.05, 0.1) is 21.1 Å². The van der Waals surface area contributed by atoms with Crippen molar-refractivity contribution in [2.75, 3.05) is 34.3 Å². The number of aliphatic carboxylic acids is 1. The molecule has 6 heteroatoms. The first-order valence-electron chi connectivity index (χ1n) is 5.17. The average Bonchev–Trinajstić information content (AvgIpc) is 2.11. The molecule has 0 aromatic rings. The minimum atomic E-state index is -0.963. The van der Waals surface area contributed by atoms with Crippen molar-refractivity contribution in [3.8, 4) is 0 Å². The van der Waals surface area contributed by atoms with Gasteiger partial charge in [0, 0.05) is 6.42 Å². The maximum Gasteiger partial charge on any atom is 0.323 e. The number of rotatable bonds is 7. The lowest BCUT2D eigenvalue weighted by Crippen LogP contribution is -2.40. The topological polar surface area (TPSA) is 89.6 Å². The van der Waals surface area contributed by atoms with Crippen molar-refractivity contribution in [3.05, 3.63) is 0 Å². The number of carbonyl (C=O) groups excluding carboxylic acids is 1. The van der Waals surface area contributed by atoms with Gasteiger partial charge in [0.25, 0.3) is 0 Å². The highest BCUT2D eigenvalue weighted by atomic mass is 16.5. The Hall–Kier alpha value is -1.14. The summed E-state index contributed by atoms with van der Waals surface area (Å²) >= 11 is 0.